The molecule has 1 heterocycles. The lowest BCUT2D eigenvalue weighted by molar-refractivity contribution is -0.123. The Labute approximate surface area is 168 Å². The maximum Gasteiger partial charge on any atom is 0.220 e. The Bertz CT molecular complexity index is 662. The molecule has 5 nitrogen and oxygen atoms in total. The monoisotopic (exact) mass is 401 g/mol. The Balaban J connectivity index is 0.00000312. The number of halogens is 2. The molecule has 1 aromatic heterocycles. The molecule has 2 aromatic rings. The molecular formula is C19H29Cl2N3O2. The van der Waals surface area contributed by atoms with Crippen LogP contribution in [0.25, 0.3) is 11.3 Å². The fraction of sp³-hybridized carbons (Fsp3) is 0.474. The molecule has 7 heteroatoms. The van der Waals surface area contributed by atoms with Crippen molar-refractivity contribution in [3.63, 3.8) is 0 Å². The van der Waals surface area contributed by atoms with Crippen molar-refractivity contribution < 1.29 is 9.21 Å². The number of nitrogens with zero attached hydrogens (tertiary/aromatic N) is 1. The number of oxazole rings is 1. The van der Waals surface area contributed by atoms with Gasteiger partial charge in [-0.25, -0.2) is 4.98 Å². The van der Waals surface area contributed by atoms with Gasteiger partial charge in [0.1, 0.15) is 0 Å². The lowest BCUT2D eigenvalue weighted by Gasteiger charge is -2.33. The average Bonchev–Trinajstić information content (AvgIpc) is 3.04. The number of benzene rings is 1. The molecule has 0 spiro atoms. The molecule has 0 aliphatic heterocycles. The van der Waals surface area contributed by atoms with Crippen molar-refractivity contribution in [2.75, 3.05) is 6.54 Å². The highest BCUT2D eigenvalue weighted by atomic mass is 35.5. The number of rotatable bonds is 8. The van der Waals surface area contributed by atoms with Gasteiger partial charge in [0.25, 0.3) is 0 Å². The summed E-state index contributed by atoms with van der Waals surface area (Å²) in [5.74, 6) is 1.72. The van der Waals surface area contributed by atoms with E-state index in [2.05, 4.69) is 24.1 Å². The van der Waals surface area contributed by atoms with Crippen LogP contribution in [-0.4, -0.2) is 23.0 Å². The Hall–Kier alpha value is -1.56. The highest BCUT2D eigenvalue weighted by Gasteiger charge is 2.28. The normalized spacial score (nSPS) is 12.7. The number of hydrogen-bond acceptors (Lipinski definition) is 4. The zero-order valence-corrected chi connectivity index (χ0v) is 17.2. The van der Waals surface area contributed by atoms with Crippen LogP contribution in [0, 0.1) is 5.92 Å². The molecule has 0 bridgehead atoms. The molecular weight excluding hydrogens is 373 g/mol. The van der Waals surface area contributed by atoms with Crippen molar-refractivity contribution in [1.29, 1.82) is 0 Å². The number of carbonyl (C=O) groups is 1. The van der Waals surface area contributed by atoms with Gasteiger partial charge in [0.2, 0.25) is 5.91 Å². The molecule has 1 amide bonds. The van der Waals surface area contributed by atoms with Gasteiger partial charge in [-0.2, -0.15) is 0 Å². The van der Waals surface area contributed by atoms with Crippen molar-refractivity contribution in [3.8, 4) is 11.3 Å². The molecule has 146 valence electrons. The van der Waals surface area contributed by atoms with E-state index in [-0.39, 0.29) is 42.2 Å². The molecule has 1 aromatic carbocycles. The number of aromatic nitrogens is 1. The summed E-state index contributed by atoms with van der Waals surface area (Å²) in [5, 5.41) is 3.04. The second-order valence-corrected chi connectivity index (χ2v) is 6.66. The molecule has 0 aliphatic carbocycles. The fourth-order valence-electron chi connectivity index (χ4n) is 2.37. The predicted octanol–water partition coefficient (Wildman–Crippen LogP) is 4.00. The first-order chi connectivity index (χ1) is 11.4. The number of carbonyl (C=O) groups excluding carboxylic acids is 1. The van der Waals surface area contributed by atoms with Crippen LogP contribution in [0.4, 0.5) is 0 Å². The third-order valence-electron chi connectivity index (χ3n) is 4.53. The van der Waals surface area contributed by atoms with E-state index in [1.807, 2.05) is 37.3 Å². The van der Waals surface area contributed by atoms with Crippen molar-refractivity contribution >= 4 is 30.7 Å². The highest BCUT2D eigenvalue weighted by molar-refractivity contribution is 5.85. The largest absolute Gasteiger partial charge is 0.441 e. The number of aryl methyl sites for hydroxylation is 1. The summed E-state index contributed by atoms with van der Waals surface area (Å²) < 4.78 is 5.75. The minimum atomic E-state index is -0.361. The molecule has 1 unspecified atom stereocenters. The molecule has 3 N–H and O–H groups in total. The zero-order valence-electron chi connectivity index (χ0n) is 15.5. The van der Waals surface area contributed by atoms with E-state index in [0.717, 1.165) is 11.3 Å². The van der Waals surface area contributed by atoms with E-state index in [1.165, 1.54) is 0 Å². The smallest absolute Gasteiger partial charge is 0.220 e. The summed E-state index contributed by atoms with van der Waals surface area (Å²) in [7, 11) is 0. The van der Waals surface area contributed by atoms with E-state index in [9.17, 15) is 4.79 Å². The maximum atomic E-state index is 12.1. The molecule has 26 heavy (non-hydrogen) atoms. The molecule has 0 aliphatic rings. The van der Waals surface area contributed by atoms with Crippen LogP contribution >= 0.6 is 24.8 Å². The Morgan fingerprint density at radius 2 is 1.92 bits per heavy atom. The Morgan fingerprint density at radius 3 is 2.50 bits per heavy atom. The van der Waals surface area contributed by atoms with E-state index >= 15 is 0 Å². The minimum Gasteiger partial charge on any atom is -0.441 e. The minimum absolute atomic E-state index is 0. The maximum absolute atomic E-state index is 12.1. The molecule has 0 radical (unpaired) electrons. The highest BCUT2D eigenvalue weighted by Crippen LogP contribution is 2.20. The lowest BCUT2D eigenvalue weighted by atomic mass is 9.88. The molecule has 1 atom stereocenters. The topological polar surface area (TPSA) is 81.1 Å². The standard InChI is InChI=1S/C19H27N3O2.2ClH/c1-14(2)19(3,13-20)22-17(23)10-7-11-18-21-12-16(24-18)15-8-5-4-6-9-15;;/h4-6,8-9,12,14H,7,10-11,13,20H2,1-3H3,(H,22,23);2*1H. The second-order valence-electron chi connectivity index (χ2n) is 6.66. The van der Waals surface area contributed by atoms with Gasteiger partial charge in [-0.15, -0.1) is 24.8 Å². The second kappa shape index (κ2) is 11.2. The van der Waals surface area contributed by atoms with Crippen LogP contribution in [0.3, 0.4) is 0 Å². The summed E-state index contributed by atoms with van der Waals surface area (Å²) in [6.07, 6.45) is 3.50. The molecule has 0 saturated carbocycles. The van der Waals surface area contributed by atoms with Crippen LogP contribution in [0.5, 0.6) is 0 Å². The summed E-state index contributed by atoms with van der Waals surface area (Å²) >= 11 is 0. The van der Waals surface area contributed by atoms with Gasteiger partial charge in [0.15, 0.2) is 11.7 Å². The summed E-state index contributed by atoms with van der Waals surface area (Å²) in [6, 6.07) is 9.86. The zero-order chi connectivity index (χ0) is 17.6. The van der Waals surface area contributed by atoms with E-state index < -0.39 is 0 Å². The van der Waals surface area contributed by atoms with E-state index in [1.54, 1.807) is 6.20 Å². The quantitative estimate of drug-likeness (QED) is 0.700. The van der Waals surface area contributed by atoms with Crippen LogP contribution in [0.1, 0.15) is 39.5 Å². The number of nitrogens with two attached hydrogens (primary N) is 1. The van der Waals surface area contributed by atoms with E-state index in [0.29, 0.717) is 31.7 Å². The predicted molar refractivity (Wildman–Crippen MR) is 110 cm³/mol. The summed E-state index contributed by atoms with van der Waals surface area (Å²) in [4.78, 5) is 16.4. The lowest BCUT2D eigenvalue weighted by Crippen LogP contribution is -2.54. The fourth-order valence-corrected chi connectivity index (χ4v) is 2.37. The molecule has 0 fully saturated rings. The number of nitrogens with one attached hydrogen (secondary N) is 1. The first-order valence-corrected chi connectivity index (χ1v) is 8.46. The van der Waals surface area contributed by atoms with Crippen molar-refractivity contribution in [1.82, 2.24) is 10.3 Å². The molecule has 0 saturated heterocycles. The number of amides is 1. The third-order valence-corrected chi connectivity index (χ3v) is 4.53. The summed E-state index contributed by atoms with van der Waals surface area (Å²) in [5.41, 5.74) is 6.44. The van der Waals surface area contributed by atoms with Crippen LogP contribution in [0.15, 0.2) is 40.9 Å². The van der Waals surface area contributed by atoms with Gasteiger partial charge >= 0.3 is 0 Å². The van der Waals surface area contributed by atoms with Gasteiger partial charge in [-0.05, 0) is 19.3 Å². The first-order valence-electron chi connectivity index (χ1n) is 8.46. The van der Waals surface area contributed by atoms with Crippen molar-refractivity contribution in [3.05, 3.63) is 42.4 Å². The Morgan fingerprint density at radius 1 is 1.27 bits per heavy atom. The third kappa shape index (κ3) is 6.63. The van der Waals surface area contributed by atoms with Gasteiger partial charge in [-0.3, -0.25) is 4.79 Å². The Kier molecular flexibility index (Phi) is 10.5. The number of hydrogen-bond donors (Lipinski definition) is 2. The summed E-state index contributed by atoms with van der Waals surface area (Å²) in [6.45, 7) is 6.53. The molecule has 2 rings (SSSR count). The van der Waals surface area contributed by atoms with Crippen LogP contribution < -0.4 is 11.1 Å². The van der Waals surface area contributed by atoms with Gasteiger partial charge < -0.3 is 15.5 Å². The van der Waals surface area contributed by atoms with Crippen LogP contribution in [0.2, 0.25) is 0 Å². The van der Waals surface area contributed by atoms with E-state index in [4.69, 9.17) is 10.2 Å². The average molecular weight is 402 g/mol. The van der Waals surface area contributed by atoms with Crippen molar-refractivity contribution in [2.24, 2.45) is 11.7 Å². The van der Waals surface area contributed by atoms with Gasteiger partial charge in [0.05, 0.1) is 11.7 Å². The van der Waals surface area contributed by atoms with Gasteiger partial charge in [-0.1, -0.05) is 44.2 Å². The van der Waals surface area contributed by atoms with Crippen molar-refractivity contribution in [2.45, 2.75) is 45.6 Å². The van der Waals surface area contributed by atoms with Crippen LogP contribution in [-0.2, 0) is 11.2 Å². The SMILES string of the molecule is CC(C)C(C)(CN)NC(=O)CCCc1ncc(-c2ccccc2)o1.Cl.Cl. The van der Waals surface area contributed by atoms with Gasteiger partial charge in [0, 0.05) is 24.9 Å². The first kappa shape index (κ1) is 24.4.